The maximum Gasteiger partial charge on any atom is 0.281 e. The Balaban J connectivity index is 1.63. The van der Waals surface area contributed by atoms with Gasteiger partial charge in [-0.05, 0) is 18.2 Å². The second kappa shape index (κ2) is 7.04. The molecule has 2 aromatic heterocycles. The maximum absolute atomic E-state index is 13.6. The van der Waals surface area contributed by atoms with Gasteiger partial charge in [-0.1, -0.05) is 11.3 Å². The van der Waals surface area contributed by atoms with E-state index in [1.165, 1.54) is 45.8 Å². The third-order valence-electron chi connectivity index (χ3n) is 4.60. The Morgan fingerprint density at radius 2 is 1.86 bits per heavy atom. The summed E-state index contributed by atoms with van der Waals surface area (Å²) in [7, 11) is -0.416. The molecule has 0 amide bonds. The molecule has 1 aromatic carbocycles. The number of hydrogen-bond acceptors (Lipinski definition) is 7. The van der Waals surface area contributed by atoms with Crippen molar-refractivity contribution in [2.45, 2.75) is 0 Å². The summed E-state index contributed by atoms with van der Waals surface area (Å²) < 4.78 is 42.2. The first kappa shape index (κ1) is 18.7. The van der Waals surface area contributed by atoms with E-state index < -0.39 is 10.2 Å². The van der Waals surface area contributed by atoms with Crippen LogP contribution in [0.5, 0.6) is 0 Å². The van der Waals surface area contributed by atoms with Crippen LogP contribution in [0.2, 0.25) is 0 Å². The molecule has 148 valence electrons. The minimum absolute atomic E-state index is 0.337. The largest absolute Gasteiger partial charge is 0.352 e. The molecule has 10 nitrogen and oxygen atoms in total. The zero-order chi connectivity index (χ0) is 19.9. The summed E-state index contributed by atoms with van der Waals surface area (Å²) in [5, 5.41) is 8.28. The molecule has 3 heterocycles. The molecular weight excluding hydrogens is 387 g/mol. The van der Waals surface area contributed by atoms with Crippen LogP contribution in [0, 0.1) is 5.82 Å². The molecule has 0 spiro atoms. The first-order valence-electron chi connectivity index (χ1n) is 8.63. The highest BCUT2D eigenvalue weighted by Gasteiger charge is 2.30. The Morgan fingerprint density at radius 1 is 1.11 bits per heavy atom. The van der Waals surface area contributed by atoms with Crippen molar-refractivity contribution in [2.24, 2.45) is 0 Å². The summed E-state index contributed by atoms with van der Waals surface area (Å²) in [6, 6.07) is 6.00. The molecule has 0 unspecified atom stereocenters. The van der Waals surface area contributed by atoms with Crippen LogP contribution in [0.1, 0.15) is 0 Å². The van der Waals surface area contributed by atoms with E-state index in [1.807, 2.05) is 4.90 Å². The average Bonchev–Trinajstić information content (AvgIpc) is 3.12. The van der Waals surface area contributed by atoms with Crippen LogP contribution in [-0.2, 0) is 10.2 Å². The van der Waals surface area contributed by atoms with Gasteiger partial charge in [0.05, 0.1) is 5.69 Å². The van der Waals surface area contributed by atoms with E-state index >= 15 is 0 Å². The number of rotatable bonds is 4. The molecule has 12 heteroatoms. The zero-order valence-corrected chi connectivity index (χ0v) is 16.2. The quantitative estimate of drug-likeness (QED) is 0.613. The van der Waals surface area contributed by atoms with Crippen LogP contribution in [0.4, 0.5) is 10.2 Å². The molecule has 4 rings (SSSR count). The lowest BCUT2D eigenvalue weighted by Gasteiger charge is -2.35. The molecular formula is C16H19FN8O2S. The summed E-state index contributed by atoms with van der Waals surface area (Å²) in [5.74, 6) is 0.197. The summed E-state index contributed by atoms with van der Waals surface area (Å²) in [6.45, 7) is 1.60. The van der Waals surface area contributed by atoms with Crippen molar-refractivity contribution in [2.75, 3.05) is 45.2 Å². The van der Waals surface area contributed by atoms with Crippen molar-refractivity contribution < 1.29 is 12.8 Å². The fourth-order valence-corrected chi connectivity index (χ4v) is 4.20. The third kappa shape index (κ3) is 3.19. The predicted octanol–water partition coefficient (Wildman–Crippen LogP) is 0.278. The lowest BCUT2D eigenvalue weighted by atomic mass is 10.3. The molecule has 28 heavy (non-hydrogen) atoms. The first-order chi connectivity index (χ1) is 13.4. The van der Waals surface area contributed by atoms with Crippen LogP contribution < -0.4 is 4.90 Å². The number of halogens is 1. The van der Waals surface area contributed by atoms with E-state index in [4.69, 9.17) is 0 Å². The fraction of sp³-hybridized carbons (Fsp3) is 0.375. The number of fused-ring (bicyclic) bond motifs is 1. The highest BCUT2D eigenvalue weighted by atomic mass is 32.2. The minimum Gasteiger partial charge on any atom is -0.352 e. The van der Waals surface area contributed by atoms with Gasteiger partial charge in [0.15, 0.2) is 17.0 Å². The number of benzene rings is 1. The smallest absolute Gasteiger partial charge is 0.281 e. The van der Waals surface area contributed by atoms with Crippen LogP contribution in [-0.4, -0.2) is 82.3 Å². The maximum atomic E-state index is 13.6. The van der Waals surface area contributed by atoms with Crippen molar-refractivity contribution in [1.82, 2.24) is 33.6 Å². The lowest BCUT2D eigenvalue weighted by molar-refractivity contribution is 0.355. The standard InChI is InChI=1S/C16H19FN8O2S/c1-22(2)28(26,27)24-8-6-23(7-9-24)15-14-16(19-11-18-15)25(21-20-14)13-5-3-4-12(17)10-13/h3-5,10-11H,6-9H2,1-2H3. The highest BCUT2D eigenvalue weighted by Crippen LogP contribution is 2.24. The number of anilines is 1. The molecule has 0 aliphatic carbocycles. The summed E-state index contributed by atoms with van der Waals surface area (Å²) in [5.41, 5.74) is 1.45. The van der Waals surface area contributed by atoms with E-state index in [-0.39, 0.29) is 5.82 Å². The molecule has 0 N–H and O–H groups in total. The SMILES string of the molecule is CN(C)S(=O)(=O)N1CCN(c2ncnc3c2nnn3-c2cccc(F)c2)CC1. The second-order valence-corrected chi connectivity index (χ2v) is 8.67. The van der Waals surface area contributed by atoms with Gasteiger partial charge < -0.3 is 4.90 Å². The van der Waals surface area contributed by atoms with Gasteiger partial charge in [0, 0.05) is 40.3 Å². The van der Waals surface area contributed by atoms with E-state index in [0.29, 0.717) is 48.8 Å². The van der Waals surface area contributed by atoms with Crippen molar-refractivity contribution in [3.05, 3.63) is 36.4 Å². The van der Waals surface area contributed by atoms with E-state index in [9.17, 15) is 12.8 Å². The Labute approximate surface area is 161 Å². The van der Waals surface area contributed by atoms with Gasteiger partial charge in [0.25, 0.3) is 10.2 Å². The van der Waals surface area contributed by atoms with Gasteiger partial charge in [0.1, 0.15) is 12.1 Å². The van der Waals surface area contributed by atoms with Gasteiger partial charge in [-0.2, -0.15) is 21.7 Å². The molecule has 0 radical (unpaired) electrons. The minimum atomic E-state index is -3.44. The Morgan fingerprint density at radius 3 is 2.54 bits per heavy atom. The summed E-state index contributed by atoms with van der Waals surface area (Å²) >= 11 is 0. The Bertz CT molecular complexity index is 1110. The number of hydrogen-bond donors (Lipinski definition) is 0. The molecule has 1 fully saturated rings. The number of piperazine rings is 1. The molecule has 1 aliphatic rings. The van der Waals surface area contributed by atoms with E-state index in [1.54, 1.807) is 12.1 Å². The fourth-order valence-electron chi connectivity index (χ4n) is 3.11. The average molecular weight is 406 g/mol. The lowest BCUT2D eigenvalue weighted by Crippen LogP contribution is -2.52. The second-order valence-electron chi connectivity index (χ2n) is 6.53. The Hall–Kier alpha value is -2.70. The number of aromatic nitrogens is 5. The van der Waals surface area contributed by atoms with E-state index in [0.717, 1.165) is 0 Å². The molecule has 0 bridgehead atoms. The molecule has 0 atom stereocenters. The first-order valence-corrected chi connectivity index (χ1v) is 10.0. The van der Waals surface area contributed by atoms with Crippen LogP contribution in [0.3, 0.4) is 0 Å². The van der Waals surface area contributed by atoms with Gasteiger partial charge in [-0.25, -0.2) is 14.4 Å². The van der Waals surface area contributed by atoms with Crippen LogP contribution in [0.15, 0.2) is 30.6 Å². The topological polar surface area (TPSA) is 100 Å². The van der Waals surface area contributed by atoms with E-state index in [2.05, 4.69) is 20.3 Å². The normalized spacial score (nSPS) is 16.2. The van der Waals surface area contributed by atoms with Gasteiger partial charge >= 0.3 is 0 Å². The van der Waals surface area contributed by atoms with Crippen molar-refractivity contribution in [1.29, 1.82) is 0 Å². The Kier molecular flexibility index (Phi) is 4.69. The van der Waals surface area contributed by atoms with Crippen molar-refractivity contribution in [3.63, 3.8) is 0 Å². The predicted molar refractivity (Wildman–Crippen MR) is 101 cm³/mol. The molecule has 1 aliphatic heterocycles. The van der Waals surface area contributed by atoms with Crippen molar-refractivity contribution >= 4 is 27.2 Å². The van der Waals surface area contributed by atoms with Crippen LogP contribution in [0.25, 0.3) is 16.9 Å². The van der Waals surface area contributed by atoms with Gasteiger partial charge in [-0.15, -0.1) is 5.10 Å². The van der Waals surface area contributed by atoms with Gasteiger partial charge in [0.2, 0.25) is 0 Å². The van der Waals surface area contributed by atoms with Crippen molar-refractivity contribution in [3.8, 4) is 5.69 Å². The molecule has 1 saturated heterocycles. The highest BCUT2D eigenvalue weighted by molar-refractivity contribution is 7.86. The van der Waals surface area contributed by atoms with Gasteiger partial charge in [-0.3, -0.25) is 0 Å². The third-order valence-corrected chi connectivity index (χ3v) is 6.54. The number of nitrogens with zero attached hydrogens (tertiary/aromatic N) is 8. The monoisotopic (exact) mass is 406 g/mol. The van der Waals surface area contributed by atoms with Crippen LogP contribution >= 0.6 is 0 Å². The summed E-state index contributed by atoms with van der Waals surface area (Å²) in [6.07, 6.45) is 1.40. The zero-order valence-electron chi connectivity index (χ0n) is 15.4. The summed E-state index contributed by atoms with van der Waals surface area (Å²) in [4.78, 5) is 10.5. The molecule has 0 saturated carbocycles. The molecule has 3 aromatic rings.